The molecule has 2 aromatic carbocycles. The van der Waals surface area contributed by atoms with E-state index in [1.807, 2.05) is 31.2 Å². The van der Waals surface area contributed by atoms with E-state index in [0.29, 0.717) is 22.9 Å². The van der Waals surface area contributed by atoms with E-state index in [0.717, 1.165) is 11.1 Å². The van der Waals surface area contributed by atoms with Crippen molar-refractivity contribution in [3.63, 3.8) is 0 Å². The summed E-state index contributed by atoms with van der Waals surface area (Å²) in [6, 6.07) is 16.0. The van der Waals surface area contributed by atoms with Crippen molar-refractivity contribution in [3.05, 3.63) is 76.1 Å². The van der Waals surface area contributed by atoms with E-state index in [-0.39, 0.29) is 5.56 Å². The second kappa shape index (κ2) is 7.78. The summed E-state index contributed by atoms with van der Waals surface area (Å²) in [7, 11) is 3.04. The van der Waals surface area contributed by atoms with Crippen LogP contribution >= 0.6 is 0 Å². The predicted octanol–water partition coefficient (Wildman–Crippen LogP) is 3.62. The van der Waals surface area contributed by atoms with Gasteiger partial charge in [-0.3, -0.25) is 9.59 Å². The second-order valence-electron chi connectivity index (χ2n) is 6.00. The maximum Gasteiger partial charge on any atom is 0.261 e. The summed E-state index contributed by atoms with van der Waals surface area (Å²) in [5.74, 6) is 0.524. The molecule has 0 saturated carbocycles. The number of H-pyrrole nitrogens is 1. The zero-order chi connectivity index (χ0) is 19.4. The minimum atomic E-state index is -0.518. The molecule has 0 aliphatic rings. The van der Waals surface area contributed by atoms with Crippen molar-refractivity contribution in [2.45, 2.75) is 6.92 Å². The summed E-state index contributed by atoms with van der Waals surface area (Å²) < 4.78 is 10.4. The van der Waals surface area contributed by atoms with Gasteiger partial charge in [0, 0.05) is 11.8 Å². The topological polar surface area (TPSA) is 80.4 Å². The van der Waals surface area contributed by atoms with Gasteiger partial charge in [0.05, 0.1) is 19.9 Å². The zero-order valence-electron chi connectivity index (χ0n) is 15.3. The van der Waals surface area contributed by atoms with Gasteiger partial charge in [-0.15, -0.1) is 0 Å². The minimum absolute atomic E-state index is 0.0173. The molecule has 27 heavy (non-hydrogen) atoms. The molecule has 0 bridgehead atoms. The molecule has 0 radical (unpaired) electrons. The molecule has 0 aliphatic carbocycles. The molecule has 3 aromatic rings. The number of rotatable bonds is 5. The van der Waals surface area contributed by atoms with E-state index in [9.17, 15) is 9.59 Å². The lowest BCUT2D eigenvalue weighted by molar-refractivity contribution is 0.102. The molecule has 0 aliphatic heterocycles. The molecule has 1 amide bonds. The van der Waals surface area contributed by atoms with Crippen molar-refractivity contribution in [1.29, 1.82) is 0 Å². The number of aromatic amines is 1. The van der Waals surface area contributed by atoms with E-state index < -0.39 is 11.5 Å². The van der Waals surface area contributed by atoms with Crippen LogP contribution in [0.25, 0.3) is 11.3 Å². The van der Waals surface area contributed by atoms with Crippen LogP contribution < -0.4 is 20.3 Å². The number of carbonyl (C=O) groups excluding carboxylic acids is 1. The molecule has 0 unspecified atom stereocenters. The first-order chi connectivity index (χ1) is 13.0. The summed E-state index contributed by atoms with van der Waals surface area (Å²) in [5, 5.41) is 2.70. The van der Waals surface area contributed by atoms with Gasteiger partial charge in [-0.25, -0.2) is 0 Å². The molecule has 3 rings (SSSR count). The maximum atomic E-state index is 12.5. The average Bonchev–Trinajstić information content (AvgIpc) is 2.68. The third-order valence-electron chi connectivity index (χ3n) is 4.17. The lowest BCUT2D eigenvalue weighted by atomic mass is 10.1. The molecule has 0 fully saturated rings. The van der Waals surface area contributed by atoms with Gasteiger partial charge >= 0.3 is 0 Å². The average molecular weight is 364 g/mol. The van der Waals surface area contributed by atoms with Crippen LogP contribution in [0.4, 0.5) is 5.69 Å². The Kier molecular flexibility index (Phi) is 5.26. The molecule has 0 saturated heterocycles. The van der Waals surface area contributed by atoms with Gasteiger partial charge in [0.2, 0.25) is 0 Å². The maximum absolute atomic E-state index is 12.5. The first kappa shape index (κ1) is 18.3. The fraction of sp³-hybridized carbons (Fsp3) is 0.143. The number of hydrogen-bond acceptors (Lipinski definition) is 4. The van der Waals surface area contributed by atoms with Crippen LogP contribution in [0.3, 0.4) is 0 Å². The van der Waals surface area contributed by atoms with Crippen molar-refractivity contribution in [3.8, 4) is 22.8 Å². The van der Waals surface area contributed by atoms with E-state index in [1.54, 1.807) is 31.4 Å². The second-order valence-corrected chi connectivity index (χ2v) is 6.00. The van der Waals surface area contributed by atoms with E-state index in [1.165, 1.54) is 13.2 Å². The SMILES string of the molecule is COc1ccc(NC(=O)c2ccc(-c3ccc(C)cc3)[nH]c2=O)c(OC)c1. The Hall–Kier alpha value is -3.54. The van der Waals surface area contributed by atoms with Crippen LogP contribution in [0, 0.1) is 6.92 Å². The summed E-state index contributed by atoms with van der Waals surface area (Å²) in [6.07, 6.45) is 0. The highest BCUT2D eigenvalue weighted by molar-refractivity contribution is 6.05. The number of carbonyl (C=O) groups is 1. The molecular weight excluding hydrogens is 344 g/mol. The van der Waals surface area contributed by atoms with E-state index in [2.05, 4.69) is 10.3 Å². The number of ether oxygens (including phenoxy) is 2. The molecule has 6 nitrogen and oxygen atoms in total. The summed E-state index contributed by atoms with van der Waals surface area (Å²) in [6.45, 7) is 1.99. The van der Waals surface area contributed by atoms with Gasteiger partial charge in [0.1, 0.15) is 17.1 Å². The van der Waals surface area contributed by atoms with Gasteiger partial charge in [0.15, 0.2) is 0 Å². The fourth-order valence-electron chi connectivity index (χ4n) is 2.65. The first-order valence-corrected chi connectivity index (χ1v) is 8.35. The Bertz CT molecular complexity index is 1020. The summed E-state index contributed by atoms with van der Waals surface area (Å²) in [5.41, 5.74) is 2.66. The van der Waals surface area contributed by atoms with Crippen molar-refractivity contribution in [2.24, 2.45) is 0 Å². The number of methoxy groups -OCH3 is 2. The first-order valence-electron chi connectivity index (χ1n) is 8.35. The van der Waals surface area contributed by atoms with Crippen LogP contribution in [0.15, 0.2) is 59.4 Å². The molecule has 0 atom stereocenters. The minimum Gasteiger partial charge on any atom is -0.497 e. The van der Waals surface area contributed by atoms with Crippen molar-refractivity contribution in [2.75, 3.05) is 19.5 Å². The molecular formula is C21H20N2O4. The highest BCUT2D eigenvalue weighted by atomic mass is 16.5. The Morgan fingerprint density at radius 1 is 0.963 bits per heavy atom. The van der Waals surface area contributed by atoms with E-state index in [4.69, 9.17) is 9.47 Å². The highest BCUT2D eigenvalue weighted by Crippen LogP contribution is 2.29. The van der Waals surface area contributed by atoms with E-state index >= 15 is 0 Å². The summed E-state index contributed by atoms with van der Waals surface area (Å²) in [4.78, 5) is 27.7. The molecule has 1 aromatic heterocycles. The van der Waals surface area contributed by atoms with Crippen molar-refractivity contribution >= 4 is 11.6 Å². The Balaban J connectivity index is 1.85. The van der Waals surface area contributed by atoms with Gasteiger partial charge in [-0.2, -0.15) is 0 Å². The smallest absolute Gasteiger partial charge is 0.261 e. The van der Waals surface area contributed by atoms with Crippen LogP contribution in [0.5, 0.6) is 11.5 Å². The van der Waals surface area contributed by atoms with Crippen LogP contribution in [0.2, 0.25) is 0 Å². The number of hydrogen-bond donors (Lipinski definition) is 2. The monoisotopic (exact) mass is 364 g/mol. The van der Waals surface area contributed by atoms with Crippen LogP contribution in [0.1, 0.15) is 15.9 Å². The van der Waals surface area contributed by atoms with Gasteiger partial charge < -0.3 is 19.8 Å². The standard InChI is InChI=1S/C21H20N2O4/c1-13-4-6-14(7-5-13)17-11-9-16(20(24)22-17)21(25)23-18-10-8-15(26-2)12-19(18)27-3/h4-12H,1-3H3,(H,22,24)(H,23,25). The Labute approximate surface area is 156 Å². The number of anilines is 1. The zero-order valence-corrected chi connectivity index (χ0v) is 15.3. The molecule has 2 N–H and O–H groups in total. The number of aryl methyl sites for hydroxylation is 1. The predicted molar refractivity (Wildman–Crippen MR) is 105 cm³/mol. The number of amides is 1. The van der Waals surface area contributed by atoms with Gasteiger partial charge in [-0.05, 0) is 36.8 Å². The normalized spacial score (nSPS) is 10.3. The van der Waals surface area contributed by atoms with Gasteiger partial charge in [-0.1, -0.05) is 29.8 Å². The summed E-state index contributed by atoms with van der Waals surface area (Å²) >= 11 is 0. The molecule has 1 heterocycles. The lowest BCUT2D eigenvalue weighted by Gasteiger charge is -2.11. The van der Waals surface area contributed by atoms with Crippen LogP contribution in [-0.2, 0) is 0 Å². The Morgan fingerprint density at radius 3 is 2.33 bits per heavy atom. The Morgan fingerprint density at radius 2 is 1.70 bits per heavy atom. The van der Waals surface area contributed by atoms with Crippen molar-refractivity contribution in [1.82, 2.24) is 4.98 Å². The highest BCUT2D eigenvalue weighted by Gasteiger charge is 2.14. The van der Waals surface area contributed by atoms with Gasteiger partial charge in [0.25, 0.3) is 11.5 Å². The number of benzene rings is 2. The lowest BCUT2D eigenvalue weighted by Crippen LogP contribution is -2.23. The number of aromatic nitrogens is 1. The fourth-order valence-corrected chi connectivity index (χ4v) is 2.65. The number of pyridine rings is 1. The molecule has 6 heteroatoms. The number of nitrogens with one attached hydrogen (secondary N) is 2. The third kappa shape index (κ3) is 4.00. The third-order valence-corrected chi connectivity index (χ3v) is 4.17. The van der Waals surface area contributed by atoms with Crippen LogP contribution in [-0.4, -0.2) is 25.1 Å². The quantitative estimate of drug-likeness (QED) is 0.725. The molecule has 138 valence electrons. The molecule has 0 spiro atoms. The van der Waals surface area contributed by atoms with Crippen molar-refractivity contribution < 1.29 is 14.3 Å². The largest absolute Gasteiger partial charge is 0.497 e.